The maximum absolute atomic E-state index is 6.10. The van der Waals surface area contributed by atoms with Gasteiger partial charge in [0.25, 0.3) is 0 Å². The SMILES string of the molecule is Clc1cc(-c2nc3ccc(Br)cc3[nH]2)c(Cl)s1. The lowest BCUT2D eigenvalue weighted by molar-refractivity contribution is 1.35. The Bertz CT molecular complexity index is 705. The third-order valence-electron chi connectivity index (χ3n) is 2.36. The van der Waals surface area contributed by atoms with Gasteiger partial charge >= 0.3 is 0 Å². The van der Waals surface area contributed by atoms with Crippen molar-refractivity contribution in [3.05, 3.63) is 37.4 Å². The Labute approximate surface area is 120 Å². The molecule has 2 nitrogen and oxygen atoms in total. The Balaban J connectivity index is 2.21. The van der Waals surface area contributed by atoms with Gasteiger partial charge in [-0.1, -0.05) is 39.1 Å². The number of hydrogen-bond acceptors (Lipinski definition) is 2. The molecule has 0 spiro atoms. The fourth-order valence-corrected chi connectivity index (χ4v) is 3.44. The molecule has 86 valence electrons. The second kappa shape index (κ2) is 4.28. The summed E-state index contributed by atoms with van der Waals surface area (Å²) in [6, 6.07) is 7.70. The summed E-state index contributed by atoms with van der Waals surface area (Å²) in [7, 11) is 0. The molecule has 2 aromatic heterocycles. The van der Waals surface area contributed by atoms with Gasteiger partial charge in [0, 0.05) is 10.0 Å². The van der Waals surface area contributed by atoms with E-state index in [0.717, 1.165) is 26.9 Å². The fourth-order valence-electron chi connectivity index (χ4n) is 1.61. The number of H-pyrrole nitrogens is 1. The Hall–Kier alpha value is -0.550. The van der Waals surface area contributed by atoms with Crippen LogP contribution in [0.2, 0.25) is 8.67 Å². The predicted octanol–water partition coefficient (Wildman–Crippen LogP) is 5.36. The van der Waals surface area contributed by atoms with Crippen LogP contribution in [0.15, 0.2) is 28.7 Å². The van der Waals surface area contributed by atoms with E-state index < -0.39 is 0 Å². The van der Waals surface area contributed by atoms with Crippen LogP contribution in [-0.2, 0) is 0 Å². The van der Waals surface area contributed by atoms with E-state index in [2.05, 4.69) is 25.9 Å². The highest BCUT2D eigenvalue weighted by molar-refractivity contribution is 9.10. The average molecular weight is 348 g/mol. The Morgan fingerprint density at radius 3 is 2.76 bits per heavy atom. The standard InChI is InChI=1S/C11H5BrCl2N2S/c12-5-1-2-7-8(3-5)16-11(15-7)6-4-9(13)17-10(6)14/h1-4H,(H,15,16). The van der Waals surface area contributed by atoms with Crippen molar-refractivity contribution in [3.8, 4) is 11.4 Å². The lowest BCUT2D eigenvalue weighted by Gasteiger charge is -1.90. The summed E-state index contributed by atoms with van der Waals surface area (Å²) in [6.45, 7) is 0. The monoisotopic (exact) mass is 346 g/mol. The molecule has 0 fully saturated rings. The highest BCUT2D eigenvalue weighted by Gasteiger charge is 2.12. The summed E-state index contributed by atoms with van der Waals surface area (Å²) in [4.78, 5) is 7.71. The molecule has 0 bridgehead atoms. The molecule has 0 radical (unpaired) electrons. The summed E-state index contributed by atoms with van der Waals surface area (Å²) in [5.41, 5.74) is 2.71. The molecule has 0 unspecified atom stereocenters. The first-order chi connectivity index (χ1) is 8.13. The van der Waals surface area contributed by atoms with E-state index in [1.54, 1.807) is 0 Å². The second-order valence-electron chi connectivity index (χ2n) is 3.48. The third-order valence-corrected chi connectivity index (χ3v) is 4.34. The quantitative estimate of drug-likeness (QED) is 0.630. The molecule has 1 aromatic carbocycles. The maximum atomic E-state index is 6.10. The van der Waals surface area contributed by atoms with Crippen LogP contribution in [0.1, 0.15) is 0 Å². The number of hydrogen-bond donors (Lipinski definition) is 1. The first-order valence-electron chi connectivity index (χ1n) is 4.74. The van der Waals surface area contributed by atoms with Gasteiger partial charge in [0.2, 0.25) is 0 Å². The van der Waals surface area contributed by atoms with Crippen LogP contribution in [-0.4, -0.2) is 9.97 Å². The molecular formula is C11H5BrCl2N2S. The first kappa shape index (κ1) is 11.5. The molecule has 0 atom stereocenters. The van der Waals surface area contributed by atoms with E-state index in [4.69, 9.17) is 23.2 Å². The zero-order chi connectivity index (χ0) is 12.0. The molecular weight excluding hydrogens is 343 g/mol. The minimum absolute atomic E-state index is 0.646. The molecule has 0 saturated carbocycles. The number of rotatable bonds is 1. The second-order valence-corrected chi connectivity index (χ2v) is 6.69. The Kier molecular flexibility index (Phi) is 2.91. The Morgan fingerprint density at radius 2 is 2.06 bits per heavy atom. The summed E-state index contributed by atoms with van der Waals surface area (Å²) >= 11 is 16.8. The minimum Gasteiger partial charge on any atom is -0.338 e. The van der Waals surface area contributed by atoms with Crippen LogP contribution >= 0.6 is 50.5 Å². The van der Waals surface area contributed by atoms with Gasteiger partial charge in [0.05, 0.1) is 15.4 Å². The fraction of sp³-hybridized carbons (Fsp3) is 0. The molecule has 0 saturated heterocycles. The lowest BCUT2D eigenvalue weighted by atomic mass is 10.3. The lowest BCUT2D eigenvalue weighted by Crippen LogP contribution is -1.75. The van der Waals surface area contributed by atoms with Crippen molar-refractivity contribution >= 4 is 61.5 Å². The number of aromatic nitrogens is 2. The highest BCUT2D eigenvalue weighted by atomic mass is 79.9. The van der Waals surface area contributed by atoms with Crippen molar-refractivity contribution in [1.29, 1.82) is 0 Å². The van der Waals surface area contributed by atoms with Crippen LogP contribution < -0.4 is 0 Å². The molecule has 6 heteroatoms. The number of aromatic amines is 1. The van der Waals surface area contributed by atoms with Crippen molar-refractivity contribution in [3.63, 3.8) is 0 Å². The van der Waals surface area contributed by atoms with E-state index >= 15 is 0 Å². The number of nitrogens with zero attached hydrogens (tertiary/aromatic N) is 1. The van der Waals surface area contributed by atoms with Crippen LogP contribution in [0.25, 0.3) is 22.4 Å². The van der Waals surface area contributed by atoms with Gasteiger partial charge in [0.15, 0.2) is 0 Å². The zero-order valence-corrected chi connectivity index (χ0v) is 12.2. The summed E-state index contributed by atoms with van der Waals surface area (Å²) in [5, 5.41) is 0. The smallest absolute Gasteiger partial charge is 0.140 e. The largest absolute Gasteiger partial charge is 0.338 e. The molecule has 0 aliphatic heterocycles. The number of nitrogens with one attached hydrogen (secondary N) is 1. The van der Waals surface area contributed by atoms with Crippen LogP contribution in [0.4, 0.5) is 0 Å². The zero-order valence-electron chi connectivity index (χ0n) is 8.30. The van der Waals surface area contributed by atoms with Crippen molar-refractivity contribution in [1.82, 2.24) is 9.97 Å². The van der Waals surface area contributed by atoms with Gasteiger partial charge in [-0.25, -0.2) is 4.98 Å². The van der Waals surface area contributed by atoms with Gasteiger partial charge in [-0.2, -0.15) is 0 Å². The van der Waals surface area contributed by atoms with Gasteiger partial charge in [0.1, 0.15) is 10.2 Å². The van der Waals surface area contributed by atoms with Crippen molar-refractivity contribution in [2.45, 2.75) is 0 Å². The van der Waals surface area contributed by atoms with Crippen LogP contribution in [0.3, 0.4) is 0 Å². The molecule has 3 rings (SSSR count). The molecule has 17 heavy (non-hydrogen) atoms. The Morgan fingerprint density at radius 1 is 1.24 bits per heavy atom. The van der Waals surface area contributed by atoms with E-state index in [-0.39, 0.29) is 0 Å². The van der Waals surface area contributed by atoms with Crippen molar-refractivity contribution in [2.75, 3.05) is 0 Å². The topological polar surface area (TPSA) is 28.7 Å². The van der Waals surface area contributed by atoms with E-state index in [1.165, 1.54) is 11.3 Å². The van der Waals surface area contributed by atoms with Crippen molar-refractivity contribution in [2.24, 2.45) is 0 Å². The summed E-state index contributed by atoms with van der Waals surface area (Å²) in [6.07, 6.45) is 0. The number of fused-ring (bicyclic) bond motifs is 1. The van der Waals surface area contributed by atoms with E-state index in [9.17, 15) is 0 Å². The molecule has 3 aromatic rings. The van der Waals surface area contributed by atoms with Crippen LogP contribution in [0.5, 0.6) is 0 Å². The van der Waals surface area contributed by atoms with Crippen LogP contribution in [0, 0.1) is 0 Å². The normalized spacial score (nSPS) is 11.2. The van der Waals surface area contributed by atoms with Gasteiger partial charge in [-0.3, -0.25) is 0 Å². The van der Waals surface area contributed by atoms with Gasteiger partial charge in [-0.05, 0) is 24.3 Å². The molecule has 2 heterocycles. The third kappa shape index (κ3) is 2.10. The predicted molar refractivity (Wildman–Crippen MR) is 77.1 cm³/mol. The first-order valence-corrected chi connectivity index (χ1v) is 7.10. The molecule has 1 N–H and O–H groups in total. The van der Waals surface area contributed by atoms with Gasteiger partial charge in [-0.15, -0.1) is 11.3 Å². The summed E-state index contributed by atoms with van der Waals surface area (Å²) < 4.78 is 2.31. The molecule has 0 amide bonds. The number of thiophene rings is 1. The van der Waals surface area contributed by atoms with Crippen molar-refractivity contribution < 1.29 is 0 Å². The average Bonchev–Trinajstić information content (AvgIpc) is 2.80. The number of imidazole rings is 1. The van der Waals surface area contributed by atoms with Gasteiger partial charge < -0.3 is 4.98 Å². The summed E-state index contributed by atoms with van der Waals surface area (Å²) in [5.74, 6) is 0.742. The minimum atomic E-state index is 0.646. The number of halogens is 3. The number of benzene rings is 1. The van der Waals surface area contributed by atoms with E-state index in [0.29, 0.717) is 8.67 Å². The molecule has 0 aliphatic carbocycles. The molecule has 0 aliphatic rings. The highest BCUT2D eigenvalue weighted by Crippen LogP contribution is 2.37. The maximum Gasteiger partial charge on any atom is 0.140 e. The van der Waals surface area contributed by atoms with E-state index in [1.807, 2.05) is 24.3 Å².